The van der Waals surface area contributed by atoms with Crippen LogP contribution in [0.2, 0.25) is 0 Å². The van der Waals surface area contributed by atoms with Crippen LogP contribution in [0.3, 0.4) is 0 Å². The summed E-state index contributed by atoms with van der Waals surface area (Å²) in [4.78, 5) is 27.8. The highest BCUT2D eigenvalue weighted by Gasteiger charge is 2.17. The summed E-state index contributed by atoms with van der Waals surface area (Å²) in [6, 6.07) is 7.10. The maximum absolute atomic E-state index is 12.4. The van der Waals surface area contributed by atoms with Gasteiger partial charge in [-0.3, -0.25) is 14.3 Å². The normalized spacial score (nSPS) is 11.6. The Morgan fingerprint density at radius 1 is 1.26 bits per heavy atom. The summed E-state index contributed by atoms with van der Waals surface area (Å²) in [6.45, 7) is 6.04. The number of carbonyl (C=O) groups is 1. The Morgan fingerprint density at radius 3 is 2.70 bits per heavy atom. The van der Waals surface area contributed by atoms with Crippen LogP contribution in [0.4, 0.5) is 5.69 Å². The number of nitrogens with zero attached hydrogens (tertiary/aromatic N) is 2. The van der Waals surface area contributed by atoms with Crippen molar-refractivity contribution in [1.82, 2.24) is 14.8 Å². The first-order valence-corrected chi connectivity index (χ1v) is 7.33. The number of nitrogens with one attached hydrogen (secondary N) is 2. The minimum atomic E-state index is -0.453. The predicted molar refractivity (Wildman–Crippen MR) is 89.7 cm³/mol. The first kappa shape index (κ1) is 15.0. The van der Waals surface area contributed by atoms with Gasteiger partial charge in [0.2, 0.25) is 5.43 Å². The van der Waals surface area contributed by atoms with Crippen LogP contribution in [-0.2, 0) is 5.54 Å². The third-order valence-corrected chi connectivity index (χ3v) is 3.56. The number of carbonyl (C=O) groups excluding carboxylic acids is 1. The Balaban J connectivity index is 1.91. The predicted octanol–water partition coefficient (Wildman–Crippen LogP) is 2.73. The van der Waals surface area contributed by atoms with Gasteiger partial charge in [0.1, 0.15) is 5.56 Å². The monoisotopic (exact) mass is 310 g/mol. The Labute approximate surface area is 133 Å². The maximum Gasteiger partial charge on any atom is 0.261 e. The van der Waals surface area contributed by atoms with Crippen LogP contribution in [0.15, 0.2) is 47.7 Å². The van der Waals surface area contributed by atoms with Gasteiger partial charge in [-0.1, -0.05) is 12.1 Å². The Bertz CT molecular complexity index is 931. The quantitative estimate of drug-likeness (QED) is 0.764. The van der Waals surface area contributed by atoms with Crippen LogP contribution in [0.1, 0.15) is 31.1 Å². The molecule has 2 heterocycles. The van der Waals surface area contributed by atoms with Gasteiger partial charge in [-0.05, 0) is 32.9 Å². The molecule has 0 aliphatic heterocycles. The van der Waals surface area contributed by atoms with Crippen molar-refractivity contribution in [2.24, 2.45) is 0 Å². The lowest BCUT2D eigenvalue weighted by molar-refractivity contribution is 0.102. The van der Waals surface area contributed by atoms with E-state index in [9.17, 15) is 9.59 Å². The largest absolute Gasteiger partial charge is 0.360 e. The number of fused-ring (bicyclic) bond motifs is 1. The van der Waals surface area contributed by atoms with E-state index < -0.39 is 5.91 Å². The van der Waals surface area contributed by atoms with E-state index in [0.717, 1.165) is 0 Å². The zero-order valence-corrected chi connectivity index (χ0v) is 13.3. The third kappa shape index (κ3) is 2.88. The highest BCUT2D eigenvalue weighted by molar-refractivity contribution is 6.05. The van der Waals surface area contributed by atoms with Crippen molar-refractivity contribution < 1.29 is 4.79 Å². The molecule has 3 rings (SSSR count). The van der Waals surface area contributed by atoms with Crippen molar-refractivity contribution >= 4 is 22.5 Å². The molecule has 0 aliphatic rings. The highest BCUT2D eigenvalue weighted by atomic mass is 16.2. The minimum absolute atomic E-state index is 0.0761. The molecule has 0 radical (unpaired) electrons. The molecule has 0 saturated heterocycles. The lowest BCUT2D eigenvalue weighted by atomic mass is 10.1. The standard InChI is InChI=1S/C17H18N4O2/c1-17(2,3)21-10-11(8-19-21)20-16(23)13-9-18-14-7-5-4-6-12(14)15(13)22/h4-10H,1-3H3,(H,18,22)(H,20,23). The molecule has 0 aliphatic carbocycles. The summed E-state index contributed by atoms with van der Waals surface area (Å²) in [5, 5.41) is 7.43. The van der Waals surface area contributed by atoms with Crippen molar-refractivity contribution in [3.8, 4) is 0 Å². The van der Waals surface area contributed by atoms with E-state index >= 15 is 0 Å². The second-order valence-corrected chi connectivity index (χ2v) is 6.38. The van der Waals surface area contributed by atoms with Gasteiger partial charge in [-0.15, -0.1) is 0 Å². The molecule has 1 aromatic carbocycles. The molecule has 0 bridgehead atoms. The van der Waals surface area contributed by atoms with Gasteiger partial charge < -0.3 is 10.3 Å². The molecule has 1 amide bonds. The van der Waals surface area contributed by atoms with Crippen molar-refractivity contribution in [2.45, 2.75) is 26.3 Å². The van der Waals surface area contributed by atoms with E-state index in [-0.39, 0.29) is 16.5 Å². The second kappa shape index (κ2) is 5.39. The molecular formula is C17H18N4O2. The molecule has 0 spiro atoms. The summed E-state index contributed by atoms with van der Waals surface area (Å²) in [6.07, 6.45) is 4.75. The summed E-state index contributed by atoms with van der Waals surface area (Å²) in [5.74, 6) is -0.453. The molecule has 2 aromatic heterocycles. The molecule has 0 fully saturated rings. The third-order valence-electron chi connectivity index (χ3n) is 3.56. The number of hydrogen-bond acceptors (Lipinski definition) is 3. The number of anilines is 1. The average Bonchev–Trinajstić information content (AvgIpc) is 2.96. The molecule has 6 nitrogen and oxygen atoms in total. The van der Waals surface area contributed by atoms with Crippen LogP contribution in [-0.4, -0.2) is 20.7 Å². The molecule has 0 atom stereocenters. The zero-order chi connectivity index (χ0) is 16.6. The lowest BCUT2D eigenvalue weighted by Gasteiger charge is -2.18. The summed E-state index contributed by atoms with van der Waals surface area (Å²) in [5.41, 5.74) is 0.864. The highest BCUT2D eigenvalue weighted by Crippen LogP contribution is 2.16. The fourth-order valence-corrected chi connectivity index (χ4v) is 2.29. The van der Waals surface area contributed by atoms with Gasteiger partial charge in [0.25, 0.3) is 5.91 Å². The lowest BCUT2D eigenvalue weighted by Crippen LogP contribution is -2.23. The average molecular weight is 310 g/mol. The Kier molecular flexibility index (Phi) is 3.52. The summed E-state index contributed by atoms with van der Waals surface area (Å²) in [7, 11) is 0. The molecular weight excluding hydrogens is 292 g/mol. The van der Waals surface area contributed by atoms with E-state index in [1.807, 2.05) is 26.8 Å². The molecule has 0 unspecified atom stereocenters. The Hall–Kier alpha value is -2.89. The van der Waals surface area contributed by atoms with E-state index in [1.54, 1.807) is 35.3 Å². The van der Waals surface area contributed by atoms with Crippen molar-refractivity contribution in [2.75, 3.05) is 5.32 Å². The molecule has 0 saturated carbocycles. The molecule has 23 heavy (non-hydrogen) atoms. The number of aromatic amines is 1. The number of hydrogen-bond donors (Lipinski definition) is 2. The number of pyridine rings is 1. The van der Waals surface area contributed by atoms with E-state index in [2.05, 4.69) is 15.4 Å². The van der Waals surface area contributed by atoms with E-state index in [4.69, 9.17) is 0 Å². The number of benzene rings is 1. The summed E-state index contributed by atoms with van der Waals surface area (Å²) >= 11 is 0. The van der Waals surface area contributed by atoms with Gasteiger partial charge in [0, 0.05) is 23.3 Å². The summed E-state index contributed by atoms with van der Waals surface area (Å²) < 4.78 is 1.76. The second-order valence-electron chi connectivity index (χ2n) is 6.38. The fraction of sp³-hybridized carbons (Fsp3) is 0.235. The van der Waals surface area contributed by atoms with Gasteiger partial charge >= 0.3 is 0 Å². The van der Waals surface area contributed by atoms with Gasteiger partial charge in [0.15, 0.2) is 0 Å². The van der Waals surface area contributed by atoms with Crippen LogP contribution in [0.5, 0.6) is 0 Å². The van der Waals surface area contributed by atoms with Crippen LogP contribution < -0.4 is 10.7 Å². The minimum Gasteiger partial charge on any atom is -0.360 e. The molecule has 118 valence electrons. The number of amides is 1. The van der Waals surface area contributed by atoms with Gasteiger partial charge in [0.05, 0.1) is 17.4 Å². The number of aromatic nitrogens is 3. The van der Waals surface area contributed by atoms with Crippen molar-refractivity contribution in [3.63, 3.8) is 0 Å². The zero-order valence-electron chi connectivity index (χ0n) is 13.3. The van der Waals surface area contributed by atoms with E-state index in [1.165, 1.54) is 6.20 Å². The number of H-pyrrole nitrogens is 1. The van der Waals surface area contributed by atoms with Crippen LogP contribution in [0.25, 0.3) is 10.9 Å². The van der Waals surface area contributed by atoms with Gasteiger partial charge in [-0.25, -0.2) is 0 Å². The van der Waals surface area contributed by atoms with Gasteiger partial charge in [-0.2, -0.15) is 5.10 Å². The number of para-hydroxylation sites is 1. The Morgan fingerprint density at radius 2 is 2.00 bits per heavy atom. The first-order chi connectivity index (χ1) is 10.9. The number of rotatable bonds is 2. The smallest absolute Gasteiger partial charge is 0.261 e. The van der Waals surface area contributed by atoms with Crippen molar-refractivity contribution in [3.05, 3.63) is 58.6 Å². The van der Waals surface area contributed by atoms with Crippen LogP contribution >= 0.6 is 0 Å². The topological polar surface area (TPSA) is 79.8 Å². The van der Waals surface area contributed by atoms with Crippen LogP contribution in [0, 0.1) is 0 Å². The SMILES string of the molecule is CC(C)(C)n1cc(NC(=O)c2c[nH]c3ccccc3c2=O)cn1. The molecule has 2 N–H and O–H groups in total. The molecule has 6 heteroatoms. The first-order valence-electron chi connectivity index (χ1n) is 7.33. The van der Waals surface area contributed by atoms with Crippen molar-refractivity contribution in [1.29, 1.82) is 0 Å². The molecule has 3 aromatic rings. The maximum atomic E-state index is 12.4. The van der Waals surface area contributed by atoms with E-state index in [0.29, 0.717) is 16.6 Å². The fourth-order valence-electron chi connectivity index (χ4n) is 2.29.